The molecule has 0 unspecified atom stereocenters. The van der Waals surface area contributed by atoms with Gasteiger partial charge >= 0.3 is 0 Å². The first kappa shape index (κ1) is 14.8. The van der Waals surface area contributed by atoms with Gasteiger partial charge < -0.3 is 15.4 Å². The highest BCUT2D eigenvalue weighted by atomic mass is 16.5. The Morgan fingerprint density at radius 3 is 2.22 bits per heavy atom. The van der Waals surface area contributed by atoms with Crippen LogP contribution >= 0.6 is 0 Å². The molecule has 104 valence electrons. The summed E-state index contributed by atoms with van der Waals surface area (Å²) in [5, 5.41) is 0. The highest BCUT2D eigenvalue weighted by molar-refractivity contribution is 5.41. The largest absolute Gasteiger partial charge is 0.490 e. The minimum atomic E-state index is 0. The van der Waals surface area contributed by atoms with Crippen LogP contribution in [0.4, 0.5) is 5.69 Å². The second-order valence-corrected chi connectivity index (χ2v) is 4.90. The lowest BCUT2D eigenvalue weighted by atomic mass is 10.1. The van der Waals surface area contributed by atoms with Crippen LogP contribution in [0.3, 0.4) is 0 Å². The molecule has 0 atom stereocenters. The van der Waals surface area contributed by atoms with Crippen LogP contribution in [0.25, 0.3) is 0 Å². The Morgan fingerprint density at radius 2 is 1.72 bits per heavy atom. The predicted molar refractivity (Wildman–Crippen MR) is 80.1 cm³/mol. The molecule has 2 N–H and O–H groups in total. The molecule has 1 aromatic rings. The lowest BCUT2D eigenvalue weighted by molar-refractivity contribution is 0.114. The Balaban J connectivity index is 0.000000742. The van der Waals surface area contributed by atoms with Crippen molar-refractivity contribution < 1.29 is 6.16 Å². The molecular formula is C15H28N2O. The van der Waals surface area contributed by atoms with Gasteiger partial charge in [-0.3, -0.25) is 0 Å². The molecule has 1 aliphatic rings. The highest BCUT2D eigenvalue weighted by Gasteiger charge is 2.17. The monoisotopic (exact) mass is 252 g/mol. The van der Waals surface area contributed by atoms with Crippen molar-refractivity contribution in [3.63, 3.8) is 0 Å². The zero-order valence-electron chi connectivity index (χ0n) is 11.9. The van der Waals surface area contributed by atoms with Gasteiger partial charge in [-0.2, -0.15) is 0 Å². The van der Waals surface area contributed by atoms with Crippen LogP contribution in [-0.2, 0) is 0 Å². The first-order valence-corrected chi connectivity index (χ1v) is 6.86. The van der Waals surface area contributed by atoms with Crippen molar-refractivity contribution >= 4 is 5.69 Å². The number of likely N-dealkylation sites (tertiary alicyclic amines) is 1. The molecule has 2 rings (SSSR count). The summed E-state index contributed by atoms with van der Waals surface area (Å²) in [5.41, 5.74) is 6.40. The Morgan fingerprint density at radius 1 is 1.22 bits per heavy atom. The van der Waals surface area contributed by atoms with Crippen molar-refractivity contribution in [2.45, 2.75) is 39.2 Å². The lowest BCUT2D eigenvalue weighted by Gasteiger charge is -2.29. The van der Waals surface area contributed by atoms with Gasteiger partial charge in [0, 0.05) is 20.2 Å². The second-order valence-electron chi connectivity index (χ2n) is 4.90. The van der Waals surface area contributed by atoms with Gasteiger partial charge in [-0.05, 0) is 44.2 Å². The van der Waals surface area contributed by atoms with E-state index in [0.717, 1.165) is 37.4 Å². The van der Waals surface area contributed by atoms with Crippen LogP contribution in [0.5, 0.6) is 5.75 Å². The summed E-state index contributed by atoms with van der Waals surface area (Å²) in [6.45, 7) is 6.50. The summed E-state index contributed by atoms with van der Waals surface area (Å²) in [7, 11) is 2.15. The number of piperidine rings is 1. The van der Waals surface area contributed by atoms with E-state index in [9.17, 15) is 0 Å². The third kappa shape index (κ3) is 5.41. The van der Waals surface area contributed by atoms with Gasteiger partial charge in [0.05, 0.1) is 0 Å². The molecule has 18 heavy (non-hydrogen) atoms. The maximum atomic E-state index is 5.88. The average molecular weight is 252 g/mol. The van der Waals surface area contributed by atoms with Crippen LogP contribution in [-0.4, -0.2) is 31.1 Å². The van der Waals surface area contributed by atoms with Gasteiger partial charge in [0.1, 0.15) is 11.9 Å². The third-order valence-corrected chi connectivity index (χ3v) is 2.85. The molecule has 3 heteroatoms. The molecule has 0 aliphatic carbocycles. The molecule has 1 saturated heterocycles. The van der Waals surface area contributed by atoms with Crippen molar-refractivity contribution in [1.29, 1.82) is 0 Å². The molecular weight excluding hydrogens is 224 g/mol. The van der Waals surface area contributed by atoms with Crippen molar-refractivity contribution in [1.82, 2.24) is 4.90 Å². The first-order chi connectivity index (χ1) is 8.65. The van der Waals surface area contributed by atoms with Gasteiger partial charge in [-0.25, -0.2) is 0 Å². The van der Waals surface area contributed by atoms with Gasteiger partial charge in [-0.1, -0.05) is 20.3 Å². The second kappa shape index (κ2) is 7.98. The fraction of sp³-hybridized carbons (Fsp3) is 0.600. The molecule has 0 saturated carbocycles. The van der Waals surface area contributed by atoms with E-state index in [2.05, 4.69) is 25.8 Å². The molecule has 0 radical (unpaired) electrons. The maximum Gasteiger partial charge on any atom is 0.119 e. The summed E-state index contributed by atoms with van der Waals surface area (Å²) < 4.78 is 5.88. The van der Waals surface area contributed by atoms with E-state index in [1.54, 1.807) is 0 Å². The number of ether oxygens (including phenoxy) is 1. The predicted octanol–water partition coefficient (Wildman–Crippen LogP) is 3.40. The van der Waals surface area contributed by atoms with Gasteiger partial charge in [0.25, 0.3) is 0 Å². The van der Waals surface area contributed by atoms with E-state index in [4.69, 9.17) is 10.5 Å². The smallest absolute Gasteiger partial charge is 0.119 e. The molecule has 1 heterocycles. The van der Waals surface area contributed by atoms with Crippen molar-refractivity contribution in [2.24, 2.45) is 0 Å². The quantitative estimate of drug-likeness (QED) is 0.820. The number of hydrogen-bond donors (Lipinski definition) is 1. The van der Waals surface area contributed by atoms with E-state index in [0.29, 0.717) is 6.10 Å². The third-order valence-electron chi connectivity index (χ3n) is 2.85. The van der Waals surface area contributed by atoms with Crippen LogP contribution in [0.15, 0.2) is 24.3 Å². The van der Waals surface area contributed by atoms with Crippen LogP contribution in [0, 0.1) is 0 Å². The highest BCUT2D eigenvalue weighted by Crippen LogP contribution is 2.19. The molecule has 1 aromatic carbocycles. The molecule has 0 amide bonds. The standard InChI is InChI=1S/C12H18N2O.C3H8.H2/c1-14-8-6-12(7-9-14)15-11-4-2-10(13)3-5-11;1-3-2;/h2-5,12H,6-9,13H2,1H3;3H2,1-2H3;1H. The Labute approximate surface area is 112 Å². The Kier molecular flexibility index (Phi) is 6.58. The zero-order valence-corrected chi connectivity index (χ0v) is 11.9. The van der Waals surface area contributed by atoms with Crippen LogP contribution in [0.2, 0.25) is 0 Å². The number of nitrogen functional groups attached to an aromatic ring is 1. The topological polar surface area (TPSA) is 38.5 Å². The molecule has 0 spiro atoms. The van der Waals surface area contributed by atoms with Gasteiger partial charge in [0.15, 0.2) is 0 Å². The molecule has 0 aromatic heterocycles. The number of hydrogen-bond acceptors (Lipinski definition) is 3. The van der Waals surface area contributed by atoms with Crippen molar-refractivity contribution in [2.75, 3.05) is 25.9 Å². The SMILES string of the molecule is CCC.CN1CCC(Oc2ccc(N)cc2)CC1.[HH]. The maximum absolute atomic E-state index is 5.88. The van der Waals surface area contributed by atoms with Gasteiger partial charge in [0.2, 0.25) is 0 Å². The minimum Gasteiger partial charge on any atom is -0.490 e. The number of nitrogens with two attached hydrogens (primary N) is 1. The number of benzene rings is 1. The van der Waals surface area contributed by atoms with Crippen LogP contribution in [0.1, 0.15) is 34.5 Å². The summed E-state index contributed by atoms with van der Waals surface area (Å²) in [6.07, 6.45) is 3.84. The summed E-state index contributed by atoms with van der Waals surface area (Å²) >= 11 is 0. The summed E-state index contributed by atoms with van der Waals surface area (Å²) in [4.78, 5) is 2.34. The first-order valence-electron chi connectivity index (χ1n) is 6.86. The van der Waals surface area contributed by atoms with E-state index in [1.165, 1.54) is 6.42 Å². The van der Waals surface area contributed by atoms with E-state index < -0.39 is 0 Å². The number of anilines is 1. The van der Waals surface area contributed by atoms with E-state index in [1.807, 2.05) is 24.3 Å². The minimum absolute atomic E-state index is 0. The number of nitrogens with zero attached hydrogens (tertiary/aromatic N) is 1. The Bertz CT molecular complexity index is 321. The fourth-order valence-electron chi connectivity index (χ4n) is 1.84. The molecule has 1 fully saturated rings. The fourth-order valence-corrected chi connectivity index (χ4v) is 1.84. The molecule has 1 aliphatic heterocycles. The van der Waals surface area contributed by atoms with Gasteiger partial charge in [-0.15, -0.1) is 0 Å². The van der Waals surface area contributed by atoms with Crippen molar-refractivity contribution in [3.8, 4) is 5.75 Å². The lowest BCUT2D eigenvalue weighted by Crippen LogP contribution is -2.35. The number of rotatable bonds is 2. The summed E-state index contributed by atoms with van der Waals surface area (Å²) in [5.74, 6) is 0.929. The molecule has 3 nitrogen and oxygen atoms in total. The van der Waals surface area contributed by atoms with E-state index >= 15 is 0 Å². The van der Waals surface area contributed by atoms with E-state index in [-0.39, 0.29) is 1.43 Å². The average Bonchev–Trinajstić information content (AvgIpc) is 2.36. The normalized spacial score (nSPS) is 16.8. The van der Waals surface area contributed by atoms with Crippen molar-refractivity contribution in [3.05, 3.63) is 24.3 Å². The Hall–Kier alpha value is -1.22. The zero-order chi connectivity index (χ0) is 13.4. The molecule has 0 bridgehead atoms. The van der Waals surface area contributed by atoms with Crippen LogP contribution < -0.4 is 10.5 Å². The summed E-state index contributed by atoms with van der Waals surface area (Å²) in [6, 6.07) is 7.63.